The largest absolute Gasteiger partial charge is 0.299 e. The van der Waals surface area contributed by atoms with E-state index in [4.69, 9.17) is 0 Å². The third-order valence-electron chi connectivity index (χ3n) is 3.06. The second-order valence-electron chi connectivity index (χ2n) is 4.66. The Hall–Kier alpha value is -1.49. The highest BCUT2D eigenvalue weighted by atomic mass is 32.2. The van der Waals surface area contributed by atoms with Crippen molar-refractivity contribution < 1.29 is 13.2 Å². The number of carbonyl (C=O) groups is 1. The van der Waals surface area contributed by atoms with E-state index in [2.05, 4.69) is 15.5 Å². The number of thioether (sulfide) groups is 1. The Morgan fingerprint density at radius 3 is 2.48 bits per heavy atom. The molecule has 0 bridgehead atoms. The van der Waals surface area contributed by atoms with Crippen LogP contribution in [0.25, 0.3) is 0 Å². The van der Waals surface area contributed by atoms with E-state index in [0.29, 0.717) is 15.0 Å². The smallest absolute Gasteiger partial charge is 0.249 e. The lowest BCUT2D eigenvalue weighted by Gasteiger charge is -2.25. The summed E-state index contributed by atoms with van der Waals surface area (Å²) in [5.41, 5.74) is 0.576. The number of nitrogens with zero attached hydrogens (tertiary/aromatic N) is 3. The zero-order valence-electron chi connectivity index (χ0n) is 12.8. The van der Waals surface area contributed by atoms with Crippen LogP contribution in [0.2, 0.25) is 0 Å². The predicted octanol–water partition coefficient (Wildman–Crippen LogP) is 1.83. The van der Waals surface area contributed by atoms with Gasteiger partial charge in [0.05, 0.1) is 6.26 Å². The Balaban J connectivity index is 2.31. The number of aromatic nitrogens is 2. The van der Waals surface area contributed by atoms with E-state index >= 15 is 0 Å². The maximum absolute atomic E-state index is 12.6. The van der Waals surface area contributed by atoms with Gasteiger partial charge in [-0.3, -0.25) is 10.1 Å². The average molecular weight is 372 g/mol. The number of carbonyl (C=O) groups excluding carboxylic acids is 1. The molecule has 0 saturated heterocycles. The SMILES string of the molecule is CSc1nnc(NC(=O)[C@@H](c2ccccc2)N(C)S(C)(=O)=O)s1. The van der Waals surface area contributed by atoms with Gasteiger partial charge in [-0.05, 0) is 11.8 Å². The molecule has 0 fully saturated rings. The summed E-state index contributed by atoms with van der Waals surface area (Å²) in [6, 6.07) is 7.74. The van der Waals surface area contributed by atoms with Gasteiger partial charge in [0.2, 0.25) is 21.1 Å². The molecule has 0 radical (unpaired) electrons. The quantitative estimate of drug-likeness (QED) is 0.614. The third-order valence-corrected chi connectivity index (χ3v) is 6.13. The molecular formula is C13H16N4O3S3. The van der Waals surface area contributed by atoms with E-state index in [1.165, 1.54) is 30.1 Å². The number of nitrogens with one attached hydrogen (secondary N) is 1. The maximum atomic E-state index is 12.6. The van der Waals surface area contributed by atoms with Crippen molar-refractivity contribution in [2.45, 2.75) is 10.4 Å². The lowest BCUT2D eigenvalue weighted by molar-refractivity contribution is -0.119. The fraction of sp³-hybridized carbons (Fsp3) is 0.308. The van der Waals surface area contributed by atoms with E-state index in [0.717, 1.165) is 10.6 Å². The van der Waals surface area contributed by atoms with E-state index in [1.807, 2.05) is 6.26 Å². The van der Waals surface area contributed by atoms with Crippen LogP contribution in [0.5, 0.6) is 0 Å². The van der Waals surface area contributed by atoms with Crippen LogP contribution in [0.1, 0.15) is 11.6 Å². The van der Waals surface area contributed by atoms with Crippen molar-refractivity contribution in [2.24, 2.45) is 0 Å². The van der Waals surface area contributed by atoms with Gasteiger partial charge in [0.25, 0.3) is 0 Å². The summed E-state index contributed by atoms with van der Waals surface area (Å²) >= 11 is 2.65. The molecule has 0 aliphatic carbocycles. The van der Waals surface area contributed by atoms with Crippen LogP contribution in [0, 0.1) is 0 Å². The van der Waals surface area contributed by atoms with Gasteiger partial charge in [-0.25, -0.2) is 8.42 Å². The summed E-state index contributed by atoms with van der Waals surface area (Å²) in [6.07, 6.45) is 2.92. The van der Waals surface area contributed by atoms with E-state index in [-0.39, 0.29) is 0 Å². The Bertz CT molecular complexity index is 777. The molecule has 2 rings (SSSR count). The van der Waals surface area contributed by atoms with Gasteiger partial charge in [0.1, 0.15) is 6.04 Å². The Kier molecular flexibility index (Phi) is 5.74. The van der Waals surface area contributed by atoms with Gasteiger partial charge in [0, 0.05) is 7.05 Å². The number of amides is 1. The van der Waals surface area contributed by atoms with Crippen LogP contribution in [0.15, 0.2) is 34.7 Å². The highest BCUT2D eigenvalue weighted by molar-refractivity contribution is 8.00. The molecule has 124 valence electrons. The highest BCUT2D eigenvalue weighted by Crippen LogP contribution is 2.27. The van der Waals surface area contributed by atoms with Crippen LogP contribution in [-0.4, -0.2) is 48.4 Å². The number of hydrogen-bond donors (Lipinski definition) is 1. The molecule has 1 N–H and O–H groups in total. The third kappa shape index (κ3) is 4.50. The lowest BCUT2D eigenvalue weighted by atomic mass is 10.1. The Morgan fingerprint density at radius 1 is 1.30 bits per heavy atom. The van der Waals surface area contributed by atoms with Gasteiger partial charge in [0.15, 0.2) is 4.34 Å². The molecule has 2 aromatic rings. The minimum absolute atomic E-state index is 0.335. The molecule has 1 amide bonds. The van der Waals surface area contributed by atoms with Gasteiger partial charge < -0.3 is 0 Å². The summed E-state index contributed by atoms with van der Waals surface area (Å²) in [5, 5.41) is 10.7. The first-order valence-corrected chi connectivity index (χ1v) is 10.4. The molecule has 0 aliphatic rings. The molecular weight excluding hydrogens is 356 g/mol. The molecule has 1 aromatic carbocycles. The second-order valence-corrected chi connectivity index (χ2v) is 8.73. The molecule has 7 nitrogen and oxygen atoms in total. The summed E-state index contributed by atoms with van der Waals surface area (Å²) in [5.74, 6) is -0.479. The van der Waals surface area contributed by atoms with Crippen molar-refractivity contribution in [1.82, 2.24) is 14.5 Å². The standard InChI is InChI=1S/C13H16N4O3S3/c1-17(23(3,19)20)10(9-7-5-4-6-8-9)11(18)14-12-15-16-13(21-2)22-12/h4-8,10H,1-3H3,(H,14,15,18)/t10-/m1/s1. The molecule has 0 saturated carbocycles. The maximum Gasteiger partial charge on any atom is 0.249 e. The predicted molar refractivity (Wildman–Crippen MR) is 92.1 cm³/mol. The van der Waals surface area contributed by atoms with Crippen molar-refractivity contribution >= 4 is 44.2 Å². The highest BCUT2D eigenvalue weighted by Gasteiger charge is 2.31. The first kappa shape index (κ1) is 17.9. The van der Waals surface area contributed by atoms with E-state index in [1.54, 1.807) is 30.3 Å². The molecule has 1 heterocycles. The summed E-state index contributed by atoms with van der Waals surface area (Å²) in [7, 11) is -2.18. The van der Waals surface area contributed by atoms with Crippen molar-refractivity contribution in [1.29, 1.82) is 0 Å². The van der Waals surface area contributed by atoms with Crippen molar-refractivity contribution in [3.8, 4) is 0 Å². The monoisotopic (exact) mass is 372 g/mol. The zero-order chi connectivity index (χ0) is 17.0. The first-order chi connectivity index (χ1) is 10.8. The first-order valence-electron chi connectivity index (χ1n) is 6.49. The van der Waals surface area contributed by atoms with Gasteiger partial charge in [-0.15, -0.1) is 10.2 Å². The number of rotatable bonds is 6. The molecule has 0 spiro atoms. The zero-order valence-corrected chi connectivity index (χ0v) is 15.2. The molecule has 23 heavy (non-hydrogen) atoms. The number of hydrogen-bond acceptors (Lipinski definition) is 7. The van der Waals surface area contributed by atoms with Gasteiger partial charge >= 0.3 is 0 Å². The molecule has 0 unspecified atom stereocenters. The van der Waals surface area contributed by atoms with Crippen molar-refractivity contribution in [3.63, 3.8) is 0 Å². The van der Waals surface area contributed by atoms with Crippen LogP contribution in [0.3, 0.4) is 0 Å². The molecule has 10 heteroatoms. The van der Waals surface area contributed by atoms with Crippen molar-refractivity contribution in [3.05, 3.63) is 35.9 Å². The molecule has 1 atom stereocenters. The van der Waals surface area contributed by atoms with E-state index < -0.39 is 22.0 Å². The Morgan fingerprint density at radius 2 is 1.96 bits per heavy atom. The molecule has 1 aromatic heterocycles. The Labute approximate surface area is 143 Å². The minimum Gasteiger partial charge on any atom is -0.299 e. The van der Waals surface area contributed by atoms with Gasteiger partial charge in [-0.2, -0.15) is 4.31 Å². The number of sulfonamides is 1. The van der Waals surface area contributed by atoms with Crippen LogP contribution in [0.4, 0.5) is 5.13 Å². The average Bonchev–Trinajstić information content (AvgIpc) is 2.95. The van der Waals surface area contributed by atoms with Gasteiger partial charge in [-0.1, -0.05) is 53.4 Å². The summed E-state index contributed by atoms with van der Waals surface area (Å²) < 4.78 is 25.5. The fourth-order valence-electron chi connectivity index (χ4n) is 1.87. The number of anilines is 1. The second kappa shape index (κ2) is 7.39. The summed E-state index contributed by atoms with van der Waals surface area (Å²) in [4.78, 5) is 12.6. The van der Waals surface area contributed by atoms with E-state index in [9.17, 15) is 13.2 Å². The molecule has 0 aliphatic heterocycles. The lowest BCUT2D eigenvalue weighted by Crippen LogP contribution is -2.38. The minimum atomic E-state index is -3.55. The van der Waals surface area contributed by atoms with Crippen LogP contribution in [-0.2, 0) is 14.8 Å². The topological polar surface area (TPSA) is 92.3 Å². The van der Waals surface area contributed by atoms with Crippen molar-refractivity contribution in [2.75, 3.05) is 24.9 Å². The van der Waals surface area contributed by atoms with Crippen LogP contribution >= 0.6 is 23.1 Å². The number of likely N-dealkylation sites (N-methyl/N-ethyl adjacent to an activating group) is 1. The normalized spacial score (nSPS) is 13.0. The fourth-order valence-corrected chi connectivity index (χ4v) is 3.64. The number of benzene rings is 1. The summed E-state index contributed by atoms with van der Waals surface area (Å²) in [6.45, 7) is 0. The van der Waals surface area contributed by atoms with Crippen LogP contribution < -0.4 is 5.32 Å².